The van der Waals surface area contributed by atoms with Crippen LogP contribution in [0.2, 0.25) is 0 Å². The van der Waals surface area contributed by atoms with Gasteiger partial charge >= 0.3 is 0 Å². The molecule has 0 aliphatic rings. The Morgan fingerprint density at radius 2 is 0.721 bits per heavy atom. The quantitative estimate of drug-likeness (QED) is 0.0842. The Morgan fingerprint density at radius 1 is 0.250 bits per heavy atom. The molecule has 0 amide bonds. The Balaban J connectivity index is 1.05. The molecule has 0 bridgehead atoms. The highest BCUT2D eigenvalue weighted by Crippen LogP contribution is 2.48. The molecule has 0 fully saturated rings. The summed E-state index contributed by atoms with van der Waals surface area (Å²) in [7, 11) is -2.79. The van der Waals surface area contributed by atoms with Gasteiger partial charge < -0.3 is 4.42 Å². The molecule has 0 saturated carbocycles. The smallest absolute Gasteiger partial charge is 0.179 e. The highest BCUT2D eigenvalue weighted by atomic mass is 28.3. The van der Waals surface area contributed by atoms with E-state index in [2.05, 4.69) is 267 Å². The van der Waals surface area contributed by atoms with Crippen molar-refractivity contribution in [2.45, 2.75) is 0 Å². The average Bonchev–Trinajstić information content (AvgIpc) is 3.80. The zero-order chi connectivity index (χ0) is 45.0. The van der Waals surface area contributed by atoms with Crippen LogP contribution in [0.25, 0.3) is 98.8 Å². The van der Waals surface area contributed by atoms with Crippen LogP contribution in [0.4, 0.5) is 0 Å². The van der Waals surface area contributed by atoms with Gasteiger partial charge in [0, 0.05) is 10.8 Å². The van der Waals surface area contributed by atoms with Gasteiger partial charge in [-0.1, -0.05) is 249 Å². The lowest BCUT2D eigenvalue weighted by Crippen LogP contribution is -2.74. The van der Waals surface area contributed by atoms with E-state index >= 15 is 0 Å². The lowest BCUT2D eigenvalue weighted by molar-refractivity contribution is 0.669. The normalized spacial score (nSPS) is 11.8. The van der Waals surface area contributed by atoms with Gasteiger partial charge in [0.05, 0.1) is 0 Å². The maximum Gasteiger partial charge on any atom is 0.179 e. The molecule has 0 radical (unpaired) electrons. The van der Waals surface area contributed by atoms with Gasteiger partial charge in [-0.3, -0.25) is 0 Å². The summed E-state index contributed by atoms with van der Waals surface area (Å²) in [6.07, 6.45) is 0. The molecule has 0 N–H and O–H groups in total. The first-order chi connectivity index (χ1) is 33.7. The maximum atomic E-state index is 6.88. The summed E-state index contributed by atoms with van der Waals surface area (Å²) in [5.74, 6) is 0. The molecular formula is C66H44OSi. The lowest BCUT2D eigenvalue weighted by atomic mass is 9.84. The van der Waals surface area contributed by atoms with E-state index in [4.69, 9.17) is 4.42 Å². The summed E-state index contributed by atoms with van der Waals surface area (Å²) in [5, 5.41) is 15.0. The van der Waals surface area contributed by atoms with Crippen molar-refractivity contribution in [1.29, 1.82) is 0 Å². The Bertz CT molecular complexity index is 3840. The number of hydrogen-bond acceptors (Lipinski definition) is 1. The van der Waals surface area contributed by atoms with Gasteiger partial charge in [-0.2, -0.15) is 0 Å². The van der Waals surface area contributed by atoms with Crippen LogP contribution in [-0.4, -0.2) is 8.07 Å². The van der Waals surface area contributed by atoms with Crippen molar-refractivity contribution >= 4 is 83.1 Å². The van der Waals surface area contributed by atoms with E-state index in [1.165, 1.54) is 80.9 Å². The fourth-order valence-electron chi connectivity index (χ4n) is 11.2. The lowest BCUT2D eigenvalue weighted by Gasteiger charge is -2.34. The van der Waals surface area contributed by atoms with Crippen molar-refractivity contribution < 1.29 is 4.42 Å². The standard InChI is InChI=1S/C66H44OSi/c1-4-23-50(24-5-1)68(51-25-6-2-7-26-51,52-27-8-3-9-28-52)53-29-18-22-48(42-53)49-43-61(66-60-35-16-17-37-62(60)67-63(66)44-49)65-58-33-14-12-31-56(58)64(57-32-13-15-34-59(57)65)47-40-38-46(39-41-47)55-36-19-21-45-20-10-11-30-54(45)55/h1-44H. The Hall–Kier alpha value is -8.56. The zero-order valence-corrected chi connectivity index (χ0v) is 38.3. The van der Waals surface area contributed by atoms with Crippen molar-refractivity contribution in [2.75, 3.05) is 0 Å². The Labute approximate surface area is 396 Å². The second kappa shape index (κ2) is 16.4. The number of rotatable bonds is 8. The van der Waals surface area contributed by atoms with Gasteiger partial charge in [-0.05, 0) is 116 Å². The highest BCUT2D eigenvalue weighted by Gasteiger charge is 2.41. The van der Waals surface area contributed by atoms with Crippen LogP contribution < -0.4 is 20.7 Å². The molecule has 13 aromatic rings. The van der Waals surface area contributed by atoms with Gasteiger partial charge in [0.15, 0.2) is 8.07 Å². The van der Waals surface area contributed by atoms with Crippen molar-refractivity contribution in [3.63, 3.8) is 0 Å². The number of para-hydroxylation sites is 1. The van der Waals surface area contributed by atoms with Crippen molar-refractivity contribution in [3.8, 4) is 44.5 Å². The summed E-state index contributed by atoms with van der Waals surface area (Å²) in [6, 6.07) is 98.5. The summed E-state index contributed by atoms with van der Waals surface area (Å²) in [6.45, 7) is 0. The van der Waals surface area contributed by atoms with E-state index in [1.54, 1.807) is 0 Å². The number of furan rings is 1. The molecule has 0 unspecified atom stereocenters. The third-order valence-electron chi connectivity index (χ3n) is 14.2. The minimum absolute atomic E-state index is 0.878. The molecule has 1 aromatic heterocycles. The van der Waals surface area contributed by atoms with Crippen molar-refractivity contribution in [3.05, 3.63) is 267 Å². The number of hydrogen-bond donors (Lipinski definition) is 0. The molecule has 12 aromatic carbocycles. The second-order valence-electron chi connectivity index (χ2n) is 17.9. The first kappa shape index (κ1) is 39.8. The van der Waals surface area contributed by atoms with E-state index in [0.29, 0.717) is 0 Å². The molecule has 318 valence electrons. The monoisotopic (exact) mass is 880 g/mol. The van der Waals surface area contributed by atoms with Gasteiger partial charge in [0.2, 0.25) is 0 Å². The molecular weight excluding hydrogens is 837 g/mol. The largest absolute Gasteiger partial charge is 0.456 e. The Kier molecular flexibility index (Phi) is 9.59. The van der Waals surface area contributed by atoms with E-state index in [-0.39, 0.29) is 0 Å². The first-order valence-corrected chi connectivity index (χ1v) is 25.5. The van der Waals surface area contributed by atoms with Crippen LogP contribution in [-0.2, 0) is 0 Å². The molecule has 1 nitrogen and oxygen atoms in total. The van der Waals surface area contributed by atoms with Crippen molar-refractivity contribution in [2.24, 2.45) is 0 Å². The van der Waals surface area contributed by atoms with E-state index in [1.807, 2.05) is 0 Å². The molecule has 2 heteroatoms. The molecule has 0 atom stereocenters. The molecule has 1 heterocycles. The van der Waals surface area contributed by atoms with Crippen molar-refractivity contribution in [1.82, 2.24) is 0 Å². The number of benzene rings is 12. The maximum absolute atomic E-state index is 6.88. The third-order valence-corrected chi connectivity index (χ3v) is 19.0. The van der Waals surface area contributed by atoms with Crippen LogP contribution in [0.15, 0.2) is 271 Å². The SMILES string of the molecule is c1ccc([Si](c2ccccc2)(c2ccccc2)c2cccc(-c3cc(-c4c5ccccc5c(-c5ccc(-c6cccc7ccccc67)cc5)c5ccccc45)c4c(c3)oc3ccccc34)c2)cc1. The van der Waals surface area contributed by atoms with E-state index < -0.39 is 8.07 Å². The summed E-state index contributed by atoms with van der Waals surface area (Å²) in [4.78, 5) is 0. The van der Waals surface area contributed by atoms with Crippen LogP contribution in [0.1, 0.15) is 0 Å². The van der Waals surface area contributed by atoms with E-state index in [9.17, 15) is 0 Å². The fraction of sp³-hybridized carbons (Fsp3) is 0. The van der Waals surface area contributed by atoms with Crippen LogP contribution in [0, 0.1) is 0 Å². The molecule has 0 spiro atoms. The van der Waals surface area contributed by atoms with Crippen LogP contribution >= 0.6 is 0 Å². The summed E-state index contributed by atoms with van der Waals surface area (Å²) >= 11 is 0. The molecule has 68 heavy (non-hydrogen) atoms. The topological polar surface area (TPSA) is 13.1 Å². The summed E-state index contributed by atoms with van der Waals surface area (Å²) < 4.78 is 6.88. The van der Waals surface area contributed by atoms with Crippen LogP contribution in [0.5, 0.6) is 0 Å². The first-order valence-electron chi connectivity index (χ1n) is 23.5. The zero-order valence-electron chi connectivity index (χ0n) is 37.3. The average molecular weight is 881 g/mol. The highest BCUT2D eigenvalue weighted by molar-refractivity contribution is 7.19. The fourth-order valence-corrected chi connectivity index (χ4v) is 16.0. The van der Waals surface area contributed by atoms with Gasteiger partial charge in [0.25, 0.3) is 0 Å². The Morgan fingerprint density at radius 3 is 1.34 bits per heavy atom. The van der Waals surface area contributed by atoms with E-state index in [0.717, 1.165) is 38.6 Å². The molecule has 0 saturated heterocycles. The van der Waals surface area contributed by atoms with Gasteiger partial charge in [-0.25, -0.2) is 0 Å². The third kappa shape index (κ3) is 6.37. The predicted molar refractivity (Wildman–Crippen MR) is 292 cm³/mol. The van der Waals surface area contributed by atoms with Gasteiger partial charge in [0.1, 0.15) is 11.2 Å². The minimum atomic E-state index is -2.79. The molecule has 0 aliphatic carbocycles. The predicted octanol–water partition coefficient (Wildman–Crippen LogP) is 15.1. The summed E-state index contributed by atoms with van der Waals surface area (Å²) in [5.41, 5.74) is 11.3. The molecule has 13 rings (SSSR count). The minimum Gasteiger partial charge on any atom is -0.456 e. The number of fused-ring (bicyclic) bond motifs is 6. The molecule has 0 aliphatic heterocycles. The van der Waals surface area contributed by atoms with Crippen LogP contribution in [0.3, 0.4) is 0 Å². The second-order valence-corrected chi connectivity index (χ2v) is 21.7. The van der Waals surface area contributed by atoms with Gasteiger partial charge in [-0.15, -0.1) is 0 Å².